The summed E-state index contributed by atoms with van der Waals surface area (Å²) in [6, 6.07) is 7.64. The summed E-state index contributed by atoms with van der Waals surface area (Å²) in [6.45, 7) is 0. The molecule has 0 unspecified atom stereocenters. The van der Waals surface area contributed by atoms with Crippen LogP contribution in [-0.2, 0) is 0 Å². The molecule has 4 nitrogen and oxygen atoms in total. The molecule has 0 spiro atoms. The molecule has 3 heterocycles. The third-order valence-electron chi connectivity index (χ3n) is 2.55. The molecular weight excluding hydrogens is 280 g/mol. The number of imidazole rings is 1. The van der Waals surface area contributed by atoms with Gasteiger partial charge in [0.25, 0.3) is 0 Å². The molecule has 0 amide bonds. The summed E-state index contributed by atoms with van der Waals surface area (Å²) < 4.78 is 2.78. The summed E-state index contributed by atoms with van der Waals surface area (Å²) in [7, 11) is 0. The molecule has 0 saturated carbocycles. The molecule has 84 valence electrons. The van der Waals surface area contributed by atoms with Gasteiger partial charge >= 0.3 is 0 Å². The summed E-state index contributed by atoms with van der Waals surface area (Å²) in [5.74, 6) is 0.849. The van der Waals surface area contributed by atoms with Gasteiger partial charge in [-0.15, -0.1) is 0 Å². The molecule has 3 rings (SSSR count). The van der Waals surface area contributed by atoms with Crippen molar-refractivity contribution in [2.75, 3.05) is 5.73 Å². The number of fused-ring (bicyclic) bond motifs is 1. The molecule has 0 atom stereocenters. The fraction of sp³-hybridized carbons (Fsp3) is 0. The zero-order chi connectivity index (χ0) is 11.8. The lowest BCUT2D eigenvalue weighted by atomic mass is 10.2. The van der Waals surface area contributed by atoms with Crippen LogP contribution in [0.3, 0.4) is 0 Å². The van der Waals surface area contributed by atoms with Crippen molar-refractivity contribution in [3.05, 3.63) is 47.5 Å². The van der Waals surface area contributed by atoms with Crippen LogP contribution in [0.5, 0.6) is 0 Å². The number of nitrogens with zero attached hydrogens (tertiary/aromatic N) is 3. The van der Waals surface area contributed by atoms with E-state index in [0.717, 1.165) is 21.5 Å². The van der Waals surface area contributed by atoms with Crippen molar-refractivity contribution in [1.82, 2.24) is 14.4 Å². The van der Waals surface area contributed by atoms with E-state index in [2.05, 4.69) is 25.9 Å². The highest BCUT2D eigenvalue weighted by molar-refractivity contribution is 9.10. The number of aromatic nitrogens is 3. The summed E-state index contributed by atoms with van der Waals surface area (Å²) in [5, 5.41) is 0. The predicted octanol–water partition coefficient (Wildman–Crippen LogP) is 2.74. The van der Waals surface area contributed by atoms with Crippen molar-refractivity contribution in [1.29, 1.82) is 0 Å². The molecule has 0 bridgehead atoms. The molecule has 5 heteroatoms. The van der Waals surface area contributed by atoms with Gasteiger partial charge in [0.05, 0.1) is 5.52 Å². The number of nitrogen functional groups attached to an aromatic ring is 1. The normalized spacial score (nSPS) is 10.9. The zero-order valence-corrected chi connectivity index (χ0v) is 10.4. The van der Waals surface area contributed by atoms with Gasteiger partial charge in [-0.3, -0.25) is 9.38 Å². The van der Waals surface area contributed by atoms with Crippen LogP contribution in [0.25, 0.3) is 16.9 Å². The average molecular weight is 289 g/mol. The van der Waals surface area contributed by atoms with E-state index in [9.17, 15) is 0 Å². The van der Waals surface area contributed by atoms with Crippen molar-refractivity contribution >= 4 is 27.1 Å². The zero-order valence-electron chi connectivity index (χ0n) is 8.84. The Morgan fingerprint density at radius 1 is 1.12 bits per heavy atom. The third-order valence-corrected chi connectivity index (χ3v) is 3.14. The first-order valence-corrected chi connectivity index (χ1v) is 5.88. The lowest BCUT2D eigenvalue weighted by Crippen LogP contribution is -1.92. The first kappa shape index (κ1) is 10.3. The molecule has 0 saturated heterocycles. The fourth-order valence-corrected chi connectivity index (χ4v) is 2.26. The Bertz CT molecular complexity index is 676. The first-order valence-electron chi connectivity index (χ1n) is 5.09. The van der Waals surface area contributed by atoms with Crippen molar-refractivity contribution in [2.45, 2.75) is 0 Å². The van der Waals surface area contributed by atoms with Gasteiger partial charge < -0.3 is 5.73 Å². The van der Waals surface area contributed by atoms with Gasteiger partial charge in [0, 0.05) is 29.8 Å². The van der Waals surface area contributed by atoms with Crippen LogP contribution in [-0.4, -0.2) is 14.4 Å². The summed E-state index contributed by atoms with van der Waals surface area (Å²) in [4.78, 5) is 8.50. The van der Waals surface area contributed by atoms with E-state index in [1.807, 2.05) is 34.9 Å². The van der Waals surface area contributed by atoms with E-state index in [0.29, 0.717) is 5.69 Å². The van der Waals surface area contributed by atoms with Crippen LogP contribution in [0.2, 0.25) is 0 Å². The smallest absolute Gasteiger partial charge is 0.146 e. The molecule has 0 aromatic carbocycles. The monoisotopic (exact) mass is 288 g/mol. The highest BCUT2D eigenvalue weighted by atomic mass is 79.9. The highest BCUT2D eigenvalue weighted by Crippen LogP contribution is 2.26. The second kappa shape index (κ2) is 3.85. The number of hydrogen-bond donors (Lipinski definition) is 1. The van der Waals surface area contributed by atoms with Gasteiger partial charge in [-0.25, -0.2) is 4.98 Å². The SMILES string of the molecule is Nc1ccc2c(Br)nc(-c3ccncc3)n2c1. The molecule has 3 aromatic rings. The molecule has 0 aliphatic heterocycles. The molecule has 2 N–H and O–H groups in total. The van der Waals surface area contributed by atoms with Crippen molar-refractivity contribution < 1.29 is 0 Å². The number of hydrogen-bond acceptors (Lipinski definition) is 3. The standard InChI is InChI=1S/C12H9BrN4/c13-11-10-2-1-9(14)7-17(10)12(16-11)8-3-5-15-6-4-8/h1-7H,14H2. The van der Waals surface area contributed by atoms with Crippen LogP contribution < -0.4 is 5.73 Å². The quantitative estimate of drug-likeness (QED) is 0.749. The van der Waals surface area contributed by atoms with Crippen molar-refractivity contribution in [3.63, 3.8) is 0 Å². The van der Waals surface area contributed by atoms with Crippen LogP contribution in [0.15, 0.2) is 47.5 Å². The van der Waals surface area contributed by atoms with Crippen LogP contribution >= 0.6 is 15.9 Å². The lowest BCUT2D eigenvalue weighted by molar-refractivity contribution is 1.16. The van der Waals surface area contributed by atoms with E-state index < -0.39 is 0 Å². The predicted molar refractivity (Wildman–Crippen MR) is 70.5 cm³/mol. The van der Waals surface area contributed by atoms with Gasteiger partial charge in [-0.1, -0.05) is 0 Å². The topological polar surface area (TPSA) is 56.2 Å². The maximum atomic E-state index is 5.80. The van der Waals surface area contributed by atoms with E-state index >= 15 is 0 Å². The summed E-state index contributed by atoms with van der Waals surface area (Å²) in [5.41, 5.74) is 8.51. The second-order valence-corrected chi connectivity index (χ2v) is 4.43. The van der Waals surface area contributed by atoms with Gasteiger partial charge in [0.15, 0.2) is 0 Å². The van der Waals surface area contributed by atoms with Crippen LogP contribution in [0.1, 0.15) is 0 Å². The third kappa shape index (κ3) is 1.68. The first-order chi connectivity index (χ1) is 8.25. The van der Waals surface area contributed by atoms with E-state index in [-0.39, 0.29) is 0 Å². The number of halogens is 1. The molecule has 0 aliphatic rings. The number of rotatable bonds is 1. The molecule has 0 radical (unpaired) electrons. The average Bonchev–Trinajstić information content (AvgIpc) is 2.67. The minimum Gasteiger partial charge on any atom is -0.398 e. The van der Waals surface area contributed by atoms with E-state index in [1.54, 1.807) is 12.4 Å². The molecule has 17 heavy (non-hydrogen) atoms. The minimum atomic E-state index is 0.706. The molecule has 0 fully saturated rings. The fourth-order valence-electron chi connectivity index (χ4n) is 1.77. The van der Waals surface area contributed by atoms with Gasteiger partial charge in [0.1, 0.15) is 10.4 Å². The Labute approximate surface area is 106 Å². The summed E-state index contributed by atoms with van der Waals surface area (Å²) in [6.07, 6.45) is 5.36. The Hall–Kier alpha value is -1.88. The van der Waals surface area contributed by atoms with Crippen LogP contribution in [0.4, 0.5) is 5.69 Å². The largest absolute Gasteiger partial charge is 0.398 e. The number of pyridine rings is 2. The lowest BCUT2D eigenvalue weighted by Gasteiger charge is -2.01. The van der Waals surface area contributed by atoms with Gasteiger partial charge in [-0.2, -0.15) is 0 Å². The molecule has 0 aliphatic carbocycles. The minimum absolute atomic E-state index is 0.706. The maximum Gasteiger partial charge on any atom is 0.146 e. The van der Waals surface area contributed by atoms with Crippen LogP contribution in [0, 0.1) is 0 Å². The Balaban J connectivity index is 2.34. The Morgan fingerprint density at radius 3 is 2.65 bits per heavy atom. The summed E-state index contributed by atoms with van der Waals surface area (Å²) >= 11 is 3.45. The number of anilines is 1. The molecule has 3 aromatic heterocycles. The van der Waals surface area contributed by atoms with Crippen molar-refractivity contribution in [3.8, 4) is 11.4 Å². The van der Waals surface area contributed by atoms with Gasteiger partial charge in [0.2, 0.25) is 0 Å². The van der Waals surface area contributed by atoms with Gasteiger partial charge in [-0.05, 0) is 40.2 Å². The maximum absolute atomic E-state index is 5.80. The Morgan fingerprint density at radius 2 is 1.88 bits per heavy atom. The van der Waals surface area contributed by atoms with E-state index in [4.69, 9.17) is 5.73 Å². The highest BCUT2D eigenvalue weighted by Gasteiger charge is 2.10. The molecular formula is C12H9BrN4. The second-order valence-electron chi connectivity index (χ2n) is 3.68. The van der Waals surface area contributed by atoms with E-state index in [1.165, 1.54) is 0 Å². The van der Waals surface area contributed by atoms with Crippen molar-refractivity contribution in [2.24, 2.45) is 0 Å². The Kier molecular flexibility index (Phi) is 2.33. The number of nitrogens with two attached hydrogens (primary N) is 1.